The van der Waals surface area contributed by atoms with Crippen LogP contribution in [-0.2, 0) is 32.6 Å². The van der Waals surface area contributed by atoms with Crippen molar-refractivity contribution in [3.05, 3.63) is 126 Å². The van der Waals surface area contributed by atoms with Crippen LogP contribution in [0.15, 0.2) is 114 Å². The molecule has 0 fully saturated rings. The summed E-state index contributed by atoms with van der Waals surface area (Å²) in [5.41, 5.74) is 1.21. The van der Waals surface area contributed by atoms with Crippen LogP contribution in [0.5, 0.6) is 5.75 Å². The lowest BCUT2D eigenvalue weighted by Gasteiger charge is -2.34. The zero-order valence-corrected chi connectivity index (χ0v) is 25.5. The molecule has 0 saturated heterocycles. The number of benzene rings is 4. The van der Waals surface area contributed by atoms with Crippen molar-refractivity contribution in [2.75, 3.05) is 24.5 Å². The van der Waals surface area contributed by atoms with Crippen molar-refractivity contribution in [1.82, 2.24) is 10.2 Å². The number of hydrogen-bond acceptors (Lipinski definition) is 5. The van der Waals surface area contributed by atoms with Gasteiger partial charge in [-0.05, 0) is 53.9 Å². The van der Waals surface area contributed by atoms with Gasteiger partial charge in [-0.2, -0.15) is 0 Å². The average molecular weight is 618 g/mol. The highest BCUT2D eigenvalue weighted by molar-refractivity contribution is 7.92. The van der Waals surface area contributed by atoms with E-state index in [0.29, 0.717) is 24.3 Å². The molecule has 0 aromatic heterocycles. The van der Waals surface area contributed by atoms with E-state index in [-0.39, 0.29) is 29.5 Å². The second-order valence-corrected chi connectivity index (χ2v) is 12.0. The van der Waals surface area contributed by atoms with E-state index in [0.717, 1.165) is 15.9 Å². The van der Waals surface area contributed by atoms with Gasteiger partial charge in [-0.1, -0.05) is 79.7 Å². The van der Waals surface area contributed by atoms with Gasteiger partial charge in [0.05, 0.1) is 17.7 Å². The molecule has 4 aromatic carbocycles. The first kappa shape index (κ1) is 32.2. The van der Waals surface area contributed by atoms with E-state index < -0.39 is 34.3 Å². The molecule has 2 amide bonds. The monoisotopic (exact) mass is 617 g/mol. The first-order chi connectivity index (χ1) is 21.2. The minimum Gasteiger partial charge on any atom is -0.497 e. The molecular weight excluding hydrogens is 581 g/mol. The molecule has 0 unspecified atom stereocenters. The van der Waals surface area contributed by atoms with Gasteiger partial charge in [0.1, 0.15) is 24.2 Å². The fraction of sp³-hybridized carbons (Fsp3) is 0.235. The lowest BCUT2D eigenvalue weighted by atomic mass is 10.0. The van der Waals surface area contributed by atoms with Crippen molar-refractivity contribution in [2.24, 2.45) is 0 Å². The molecule has 1 N–H and O–H groups in total. The maximum Gasteiger partial charge on any atom is 0.264 e. The summed E-state index contributed by atoms with van der Waals surface area (Å²) in [6.07, 6.45) is 0.862. The van der Waals surface area contributed by atoms with Crippen molar-refractivity contribution in [2.45, 2.75) is 37.2 Å². The predicted molar refractivity (Wildman–Crippen MR) is 168 cm³/mol. The van der Waals surface area contributed by atoms with Gasteiger partial charge in [0, 0.05) is 19.5 Å². The first-order valence-corrected chi connectivity index (χ1v) is 15.7. The molecule has 0 aliphatic rings. The average Bonchev–Trinajstić information content (AvgIpc) is 3.05. The molecule has 10 heteroatoms. The van der Waals surface area contributed by atoms with Crippen LogP contribution in [0.25, 0.3) is 0 Å². The van der Waals surface area contributed by atoms with Gasteiger partial charge >= 0.3 is 0 Å². The number of amides is 2. The van der Waals surface area contributed by atoms with Gasteiger partial charge in [-0.25, -0.2) is 12.8 Å². The van der Waals surface area contributed by atoms with Crippen molar-refractivity contribution in [3.63, 3.8) is 0 Å². The highest BCUT2D eigenvalue weighted by Crippen LogP contribution is 2.27. The summed E-state index contributed by atoms with van der Waals surface area (Å²) in [4.78, 5) is 29.3. The molecule has 0 aliphatic carbocycles. The number of rotatable bonds is 14. The van der Waals surface area contributed by atoms with Crippen LogP contribution in [0, 0.1) is 5.82 Å². The van der Waals surface area contributed by atoms with Crippen LogP contribution >= 0.6 is 0 Å². The molecule has 0 saturated carbocycles. The number of para-hydroxylation sites is 1. The van der Waals surface area contributed by atoms with Crippen LogP contribution in [-0.4, -0.2) is 51.4 Å². The SMILES string of the molecule is CCCNC(=O)[C@H](Cc1ccccc1)N(Cc1cccc(OC)c1)C(=O)CN(c1ccccc1F)S(=O)(=O)c1ccccc1. The van der Waals surface area contributed by atoms with E-state index in [1.165, 1.54) is 42.3 Å². The Morgan fingerprint density at radius 1 is 0.864 bits per heavy atom. The van der Waals surface area contributed by atoms with Gasteiger partial charge in [0.25, 0.3) is 10.0 Å². The third kappa shape index (κ3) is 8.02. The third-order valence-electron chi connectivity index (χ3n) is 7.04. The molecule has 0 bridgehead atoms. The Hall–Kier alpha value is -4.70. The standard InChI is InChI=1S/C34H36FN3O5S/c1-3-21-36-34(40)32(23-26-13-6-4-7-14-26)37(24-27-15-12-16-28(22-27)43-2)33(39)25-38(31-20-11-10-19-30(31)35)44(41,42)29-17-8-5-9-18-29/h4-20,22,32H,3,21,23-25H2,1-2H3,(H,36,40)/t32-/m0/s1. The molecular formula is C34H36FN3O5S. The van der Waals surface area contributed by atoms with Crippen molar-refractivity contribution in [3.8, 4) is 5.75 Å². The topological polar surface area (TPSA) is 96.0 Å². The Bertz CT molecular complexity index is 1650. The largest absolute Gasteiger partial charge is 0.497 e. The molecule has 1 atom stereocenters. The molecule has 230 valence electrons. The van der Waals surface area contributed by atoms with Crippen LogP contribution in [0.3, 0.4) is 0 Å². The lowest BCUT2D eigenvalue weighted by Crippen LogP contribution is -2.53. The summed E-state index contributed by atoms with van der Waals surface area (Å²) < 4.78 is 49.1. The van der Waals surface area contributed by atoms with Gasteiger partial charge < -0.3 is 15.0 Å². The van der Waals surface area contributed by atoms with E-state index in [4.69, 9.17) is 4.74 Å². The van der Waals surface area contributed by atoms with Crippen LogP contribution in [0.1, 0.15) is 24.5 Å². The fourth-order valence-corrected chi connectivity index (χ4v) is 6.22. The number of nitrogens with one attached hydrogen (secondary N) is 1. The quantitative estimate of drug-likeness (QED) is 0.210. The van der Waals surface area contributed by atoms with E-state index in [2.05, 4.69) is 5.32 Å². The lowest BCUT2D eigenvalue weighted by molar-refractivity contribution is -0.140. The number of sulfonamides is 1. The maximum absolute atomic E-state index is 15.2. The summed E-state index contributed by atoms with van der Waals surface area (Å²) in [7, 11) is -2.86. The van der Waals surface area contributed by atoms with Crippen LogP contribution in [0.2, 0.25) is 0 Å². The normalized spacial score (nSPS) is 11.8. The number of anilines is 1. The summed E-state index contributed by atoms with van der Waals surface area (Å²) in [5.74, 6) is -1.30. The van der Waals surface area contributed by atoms with E-state index in [1.807, 2.05) is 37.3 Å². The van der Waals surface area contributed by atoms with Gasteiger partial charge in [-0.3, -0.25) is 13.9 Å². The number of ether oxygens (including phenoxy) is 1. The molecule has 0 aliphatic heterocycles. The maximum atomic E-state index is 15.2. The minimum absolute atomic E-state index is 0.0242. The van der Waals surface area contributed by atoms with Crippen LogP contribution < -0.4 is 14.4 Å². The number of carbonyl (C=O) groups is 2. The first-order valence-electron chi connectivity index (χ1n) is 14.3. The molecule has 4 aromatic rings. The second-order valence-electron chi connectivity index (χ2n) is 10.1. The van der Waals surface area contributed by atoms with E-state index >= 15 is 4.39 Å². The van der Waals surface area contributed by atoms with Gasteiger partial charge in [-0.15, -0.1) is 0 Å². The predicted octanol–water partition coefficient (Wildman–Crippen LogP) is 5.20. The van der Waals surface area contributed by atoms with E-state index in [9.17, 15) is 18.0 Å². The fourth-order valence-electron chi connectivity index (χ4n) is 4.77. The van der Waals surface area contributed by atoms with Crippen molar-refractivity contribution >= 4 is 27.5 Å². The van der Waals surface area contributed by atoms with E-state index in [1.54, 1.807) is 42.5 Å². The minimum atomic E-state index is -4.38. The number of halogens is 1. The summed E-state index contributed by atoms with van der Waals surface area (Å²) in [6.45, 7) is 1.56. The zero-order chi connectivity index (χ0) is 31.5. The summed E-state index contributed by atoms with van der Waals surface area (Å²) >= 11 is 0. The molecule has 44 heavy (non-hydrogen) atoms. The van der Waals surface area contributed by atoms with Crippen molar-refractivity contribution < 1.29 is 27.1 Å². The third-order valence-corrected chi connectivity index (χ3v) is 8.81. The number of carbonyl (C=O) groups excluding carboxylic acids is 2. The van der Waals surface area contributed by atoms with Crippen molar-refractivity contribution in [1.29, 1.82) is 0 Å². The van der Waals surface area contributed by atoms with Gasteiger partial charge in [0.15, 0.2) is 0 Å². The number of nitrogens with zero attached hydrogens (tertiary/aromatic N) is 2. The Morgan fingerprint density at radius 3 is 2.16 bits per heavy atom. The van der Waals surface area contributed by atoms with Crippen LogP contribution in [0.4, 0.5) is 10.1 Å². The number of methoxy groups -OCH3 is 1. The second kappa shape index (κ2) is 15.2. The molecule has 0 heterocycles. The van der Waals surface area contributed by atoms with Gasteiger partial charge in [0.2, 0.25) is 11.8 Å². The highest BCUT2D eigenvalue weighted by Gasteiger charge is 2.35. The Morgan fingerprint density at radius 2 is 1.50 bits per heavy atom. The molecule has 4 rings (SSSR count). The Kier molecular flexibility index (Phi) is 11.1. The molecule has 0 radical (unpaired) electrons. The smallest absolute Gasteiger partial charge is 0.264 e. The Labute approximate surface area is 258 Å². The summed E-state index contributed by atoms with van der Waals surface area (Å²) in [5, 5.41) is 2.90. The zero-order valence-electron chi connectivity index (χ0n) is 24.7. The Balaban J connectivity index is 1.81. The highest BCUT2D eigenvalue weighted by atomic mass is 32.2. The molecule has 8 nitrogen and oxygen atoms in total. The summed E-state index contributed by atoms with van der Waals surface area (Å²) in [6, 6.07) is 28.3. The number of hydrogen-bond donors (Lipinski definition) is 1. The molecule has 0 spiro atoms.